The highest BCUT2D eigenvalue weighted by atomic mass is 15.2. The summed E-state index contributed by atoms with van der Waals surface area (Å²) in [6.45, 7) is 4.19. The lowest BCUT2D eigenvalue weighted by Gasteiger charge is -1.99. The monoisotopic (exact) mass is 186 g/mol. The number of aryl methyl sites for hydroxylation is 3. The van der Waals surface area contributed by atoms with Gasteiger partial charge in [-0.2, -0.15) is 5.10 Å². The first kappa shape index (κ1) is 9.00. The third kappa shape index (κ3) is 1.55. The van der Waals surface area contributed by atoms with Gasteiger partial charge >= 0.3 is 0 Å². The minimum Gasteiger partial charge on any atom is -0.275 e. The zero-order chi connectivity index (χ0) is 10.1. The summed E-state index contributed by atoms with van der Waals surface area (Å²) in [5, 5.41) is 4.44. The fourth-order valence-electron chi connectivity index (χ4n) is 1.68. The van der Waals surface area contributed by atoms with Crippen LogP contribution in [0.2, 0.25) is 0 Å². The minimum atomic E-state index is 1.08. The molecular weight excluding hydrogens is 172 g/mol. The fraction of sp³-hybridized carbons (Fsp3) is 0.250. The number of rotatable bonds is 1. The van der Waals surface area contributed by atoms with Gasteiger partial charge in [0.25, 0.3) is 0 Å². The zero-order valence-electron chi connectivity index (χ0n) is 8.78. The predicted octanol–water partition coefficient (Wildman–Crippen LogP) is 2.70. The Morgan fingerprint density at radius 1 is 1.21 bits per heavy atom. The highest BCUT2D eigenvalue weighted by Gasteiger charge is 2.05. The summed E-state index contributed by atoms with van der Waals surface area (Å²) in [5.74, 6) is 0. The van der Waals surface area contributed by atoms with Crippen molar-refractivity contribution in [1.82, 2.24) is 9.78 Å². The first-order chi connectivity index (χ1) is 6.66. The van der Waals surface area contributed by atoms with Gasteiger partial charge < -0.3 is 0 Å². The molecule has 0 saturated carbocycles. The van der Waals surface area contributed by atoms with Crippen molar-refractivity contribution < 1.29 is 0 Å². The van der Waals surface area contributed by atoms with Crippen LogP contribution in [0.5, 0.6) is 0 Å². The molecule has 0 aliphatic rings. The summed E-state index contributed by atoms with van der Waals surface area (Å²) in [6.07, 6.45) is 2.04. The van der Waals surface area contributed by atoms with Crippen molar-refractivity contribution in [3.63, 3.8) is 0 Å². The van der Waals surface area contributed by atoms with E-state index in [9.17, 15) is 0 Å². The molecule has 1 aromatic carbocycles. The van der Waals surface area contributed by atoms with Crippen molar-refractivity contribution in [1.29, 1.82) is 0 Å². The summed E-state index contributed by atoms with van der Waals surface area (Å²) < 4.78 is 1.85. The van der Waals surface area contributed by atoms with Crippen LogP contribution >= 0.6 is 0 Å². The van der Waals surface area contributed by atoms with Crippen LogP contribution in [0.3, 0.4) is 0 Å². The van der Waals surface area contributed by atoms with E-state index < -0.39 is 0 Å². The molecule has 0 saturated heterocycles. The first-order valence-corrected chi connectivity index (χ1v) is 4.74. The molecule has 0 fully saturated rings. The molecule has 0 aliphatic carbocycles. The van der Waals surface area contributed by atoms with Crippen molar-refractivity contribution in [2.75, 3.05) is 0 Å². The molecule has 1 aromatic heterocycles. The normalized spacial score (nSPS) is 10.5. The Kier molecular flexibility index (Phi) is 2.12. The van der Waals surface area contributed by atoms with Crippen molar-refractivity contribution in [2.24, 2.45) is 7.05 Å². The smallest absolute Gasteiger partial charge is 0.0952 e. The zero-order valence-corrected chi connectivity index (χ0v) is 8.78. The van der Waals surface area contributed by atoms with Gasteiger partial charge in [-0.3, -0.25) is 4.68 Å². The van der Waals surface area contributed by atoms with Crippen LogP contribution in [0.1, 0.15) is 11.1 Å². The summed E-state index contributed by atoms with van der Waals surface area (Å²) in [5.41, 5.74) is 4.77. The maximum atomic E-state index is 4.44. The lowest BCUT2D eigenvalue weighted by atomic mass is 10.1. The number of hydrogen-bond donors (Lipinski definition) is 0. The molecule has 2 nitrogen and oxygen atoms in total. The van der Waals surface area contributed by atoms with E-state index in [1.807, 2.05) is 17.9 Å². The molecule has 0 aliphatic heterocycles. The van der Waals surface area contributed by atoms with Crippen molar-refractivity contribution in [3.05, 3.63) is 41.6 Å². The molecule has 0 atom stereocenters. The van der Waals surface area contributed by atoms with E-state index in [0.717, 1.165) is 5.69 Å². The highest BCUT2D eigenvalue weighted by molar-refractivity contribution is 5.63. The molecule has 0 N–H and O–H groups in total. The Hall–Kier alpha value is -1.57. The molecule has 0 radical (unpaired) electrons. The lowest BCUT2D eigenvalue weighted by molar-refractivity contribution is 0.770. The van der Waals surface area contributed by atoms with Crippen molar-refractivity contribution >= 4 is 0 Å². The average Bonchev–Trinajstić information content (AvgIpc) is 2.45. The van der Waals surface area contributed by atoms with E-state index in [1.165, 1.54) is 16.7 Å². The van der Waals surface area contributed by atoms with Crippen LogP contribution in [0, 0.1) is 13.8 Å². The van der Waals surface area contributed by atoms with Crippen LogP contribution < -0.4 is 0 Å². The van der Waals surface area contributed by atoms with Gasteiger partial charge in [-0.1, -0.05) is 23.8 Å². The van der Waals surface area contributed by atoms with E-state index in [1.54, 1.807) is 0 Å². The highest BCUT2D eigenvalue weighted by Crippen LogP contribution is 2.21. The Morgan fingerprint density at radius 3 is 2.57 bits per heavy atom. The molecule has 1 heterocycles. The number of nitrogens with zero attached hydrogens (tertiary/aromatic N) is 2. The largest absolute Gasteiger partial charge is 0.275 e. The van der Waals surface area contributed by atoms with Gasteiger partial charge in [0.1, 0.15) is 0 Å². The average molecular weight is 186 g/mol. The van der Waals surface area contributed by atoms with Gasteiger partial charge in [-0.05, 0) is 25.5 Å². The summed E-state index contributed by atoms with van der Waals surface area (Å²) >= 11 is 0. The van der Waals surface area contributed by atoms with E-state index in [0.29, 0.717) is 0 Å². The van der Waals surface area contributed by atoms with Gasteiger partial charge in [0.2, 0.25) is 0 Å². The van der Waals surface area contributed by atoms with Crippen LogP contribution in [0.25, 0.3) is 11.3 Å². The summed E-state index contributed by atoms with van der Waals surface area (Å²) in [7, 11) is 1.95. The quantitative estimate of drug-likeness (QED) is 0.669. The molecule has 2 aromatic rings. The third-order valence-corrected chi connectivity index (χ3v) is 2.30. The van der Waals surface area contributed by atoms with E-state index in [4.69, 9.17) is 0 Å². The van der Waals surface area contributed by atoms with Gasteiger partial charge in [0.15, 0.2) is 0 Å². The van der Waals surface area contributed by atoms with E-state index in [-0.39, 0.29) is 0 Å². The predicted molar refractivity (Wildman–Crippen MR) is 58.1 cm³/mol. The van der Waals surface area contributed by atoms with Crippen molar-refractivity contribution in [3.8, 4) is 11.3 Å². The second-order valence-electron chi connectivity index (χ2n) is 3.70. The lowest BCUT2D eigenvalue weighted by Crippen LogP contribution is -1.88. The summed E-state index contributed by atoms with van der Waals surface area (Å²) in [4.78, 5) is 0. The fourth-order valence-corrected chi connectivity index (χ4v) is 1.68. The van der Waals surface area contributed by atoms with Gasteiger partial charge in [-0.25, -0.2) is 0 Å². The van der Waals surface area contributed by atoms with Crippen LogP contribution in [0.15, 0.2) is 30.5 Å². The maximum absolute atomic E-state index is 4.44. The maximum Gasteiger partial charge on any atom is 0.0952 e. The summed E-state index contributed by atoms with van der Waals surface area (Å²) in [6, 6.07) is 8.43. The van der Waals surface area contributed by atoms with Crippen molar-refractivity contribution in [2.45, 2.75) is 13.8 Å². The molecular formula is C12H14N2. The molecule has 0 amide bonds. The van der Waals surface area contributed by atoms with Gasteiger partial charge in [0.05, 0.1) is 5.69 Å². The second-order valence-corrected chi connectivity index (χ2v) is 3.70. The molecule has 0 spiro atoms. The molecule has 0 bridgehead atoms. The topological polar surface area (TPSA) is 17.8 Å². The molecule has 72 valence electrons. The molecule has 2 heteroatoms. The Morgan fingerprint density at radius 2 is 2.00 bits per heavy atom. The Labute approximate surface area is 84.2 Å². The molecule has 14 heavy (non-hydrogen) atoms. The second kappa shape index (κ2) is 3.29. The number of benzene rings is 1. The first-order valence-electron chi connectivity index (χ1n) is 4.74. The Bertz CT molecular complexity index is 455. The number of aromatic nitrogens is 2. The molecule has 2 rings (SSSR count). The van der Waals surface area contributed by atoms with E-state index >= 15 is 0 Å². The van der Waals surface area contributed by atoms with Crippen LogP contribution in [0.4, 0.5) is 0 Å². The minimum absolute atomic E-state index is 1.08. The number of hydrogen-bond acceptors (Lipinski definition) is 1. The standard InChI is InChI=1S/C12H14N2/c1-9-5-4-6-11(7-9)12-10(2)8-14(3)13-12/h4-8H,1-3H3. The van der Waals surface area contributed by atoms with Crippen LogP contribution in [-0.4, -0.2) is 9.78 Å². The Balaban J connectivity index is 2.54. The van der Waals surface area contributed by atoms with Gasteiger partial charge in [-0.15, -0.1) is 0 Å². The van der Waals surface area contributed by atoms with Crippen LogP contribution in [-0.2, 0) is 7.05 Å². The van der Waals surface area contributed by atoms with Gasteiger partial charge in [0, 0.05) is 18.8 Å². The van der Waals surface area contributed by atoms with E-state index in [2.05, 4.69) is 43.2 Å². The SMILES string of the molecule is Cc1cccc(-c2nn(C)cc2C)c1. The third-order valence-electron chi connectivity index (χ3n) is 2.30. The molecule has 0 unspecified atom stereocenters.